The summed E-state index contributed by atoms with van der Waals surface area (Å²) in [4.78, 5) is 28.6. The van der Waals surface area contributed by atoms with Crippen LogP contribution in [0.25, 0.3) is 0 Å². The molecule has 3 rings (SSSR count). The molecule has 6 heteroatoms. The Morgan fingerprint density at radius 3 is 1.93 bits per heavy atom. The SMILES string of the molecule is CCCCCCCCCCCCCCOc1ccc(C(=O)N(Cc2cccc[n+]2C)C(=O)c2ccccc2)c(C)c1.[I-]. The Hall–Kier alpha value is -2.74. The molecule has 0 bridgehead atoms. The van der Waals surface area contributed by atoms with Crippen LogP contribution in [0.3, 0.4) is 0 Å². The first-order valence-electron chi connectivity index (χ1n) is 15.6. The lowest BCUT2D eigenvalue weighted by atomic mass is 10.1. The van der Waals surface area contributed by atoms with Gasteiger partial charge in [0.25, 0.3) is 11.8 Å². The van der Waals surface area contributed by atoms with Crippen LogP contribution in [0.4, 0.5) is 0 Å². The molecule has 2 amide bonds. The molecule has 0 spiro atoms. The largest absolute Gasteiger partial charge is 1.00 e. The first-order valence-corrected chi connectivity index (χ1v) is 15.6. The number of aromatic nitrogens is 1. The standard InChI is InChI=1S/C36H49N2O3.HI/c1-4-5-6-7-8-9-10-11-12-13-14-20-27-41-33-24-25-34(30(2)28-33)36(40)38(29-32-23-18-19-26-37(32)3)35(39)31-21-16-15-17-22-31;/h15-19,21-26,28H,4-14,20,27,29H2,1-3H3;1H/q+1;/p-1. The van der Waals surface area contributed by atoms with E-state index in [1.807, 2.05) is 73.3 Å². The molecule has 1 aromatic heterocycles. The van der Waals surface area contributed by atoms with E-state index in [1.54, 1.807) is 18.2 Å². The monoisotopic (exact) mass is 684 g/mol. The van der Waals surface area contributed by atoms with E-state index >= 15 is 0 Å². The molecule has 0 fully saturated rings. The molecule has 0 saturated heterocycles. The predicted octanol–water partition coefficient (Wildman–Crippen LogP) is 5.39. The lowest BCUT2D eigenvalue weighted by Crippen LogP contribution is -3.00. The molecule has 0 aliphatic carbocycles. The third kappa shape index (κ3) is 11.9. The summed E-state index contributed by atoms with van der Waals surface area (Å²) in [7, 11) is 1.92. The number of aryl methyl sites for hydroxylation is 2. The maximum atomic E-state index is 13.7. The maximum Gasteiger partial charge on any atom is 0.261 e. The minimum atomic E-state index is -0.314. The van der Waals surface area contributed by atoms with E-state index in [2.05, 4.69) is 6.92 Å². The molecule has 1 heterocycles. The minimum absolute atomic E-state index is 0. The fourth-order valence-corrected chi connectivity index (χ4v) is 5.10. The van der Waals surface area contributed by atoms with Crippen molar-refractivity contribution in [2.45, 2.75) is 97.4 Å². The summed E-state index contributed by atoms with van der Waals surface area (Å²) in [5.41, 5.74) is 2.65. The van der Waals surface area contributed by atoms with Gasteiger partial charge in [0.15, 0.2) is 6.20 Å². The number of unbranched alkanes of at least 4 members (excludes halogenated alkanes) is 11. The quantitative estimate of drug-likeness (QED) is 0.0783. The summed E-state index contributed by atoms with van der Waals surface area (Å²) in [5, 5.41) is 0. The first-order chi connectivity index (χ1) is 20.0. The van der Waals surface area contributed by atoms with Crippen LogP contribution in [0.15, 0.2) is 72.9 Å². The number of imide groups is 1. The molecule has 2 aromatic carbocycles. The zero-order chi connectivity index (χ0) is 29.3. The second-order valence-electron chi connectivity index (χ2n) is 11.1. The van der Waals surface area contributed by atoms with Gasteiger partial charge in [-0.25, -0.2) is 4.57 Å². The molecule has 0 atom stereocenters. The van der Waals surface area contributed by atoms with E-state index in [4.69, 9.17) is 4.74 Å². The number of halogens is 1. The van der Waals surface area contributed by atoms with E-state index < -0.39 is 0 Å². The zero-order valence-corrected chi connectivity index (χ0v) is 28.0. The number of pyridine rings is 1. The molecule has 42 heavy (non-hydrogen) atoms. The van der Waals surface area contributed by atoms with Crippen LogP contribution in [0.2, 0.25) is 0 Å². The van der Waals surface area contributed by atoms with Crippen molar-refractivity contribution < 1.29 is 42.9 Å². The summed E-state index contributed by atoms with van der Waals surface area (Å²) >= 11 is 0. The second kappa shape index (κ2) is 20.2. The molecule has 0 radical (unpaired) electrons. The lowest BCUT2D eigenvalue weighted by Gasteiger charge is -2.21. The number of amides is 2. The van der Waals surface area contributed by atoms with Crippen LogP contribution in [0.1, 0.15) is 116 Å². The third-order valence-electron chi connectivity index (χ3n) is 7.69. The van der Waals surface area contributed by atoms with Gasteiger partial charge in [0.05, 0.1) is 6.61 Å². The molecule has 0 saturated carbocycles. The highest BCUT2D eigenvalue weighted by Gasteiger charge is 2.28. The minimum Gasteiger partial charge on any atom is -1.00 e. The molecule has 3 aromatic rings. The van der Waals surface area contributed by atoms with E-state index in [9.17, 15) is 9.59 Å². The van der Waals surface area contributed by atoms with Crippen LogP contribution in [-0.2, 0) is 13.6 Å². The lowest BCUT2D eigenvalue weighted by molar-refractivity contribution is -0.679. The summed E-state index contributed by atoms with van der Waals surface area (Å²) in [5.74, 6) is 0.136. The molecular weight excluding hydrogens is 635 g/mol. The maximum absolute atomic E-state index is 13.7. The van der Waals surface area contributed by atoms with E-state index in [1.165, 1.54) is 75.5 Å². The number of hydrogen-bond acceptors (Lipinski definition) is 3. The Balaban J connectivity index is 0.00000616. The van der Waals surface area contributed by atoms with Gasteiger partial charge < -0.3 is 28.7 Å². The van der Waals surface area contributed by atoms with Crippen molar-refractivity contribution in [3.8, 4) is 5.75 Å². The number of carbonyl (C=O) groups excluding carboxylic acids is 2. The van der Waals surface area contributed by atoms with Crippen LogP contribution < -0.4 is 33.3 Å². The molecule has 0 N–H and O–H groups in total. The van der Waals surface area contributed by atoms with Crippen LogP contribution in [0.5, 0.6) is 5.75 Å². The molecule has 5 nitrogen and oxygen atoms in total. The number of hydrogen-bond donors (Lipinski definition) is 0. The number of nitrogens with zero attached hydrogens (tertiary/aromatic N) is 2. The molecule has 0 aliphatic rings. The van der Waals surface area contributed by atoms with Gasteiger partial charge in [-0.15, -0.1) is 0 Å². The number of carbonyl (C=O) groups is 2. The summed E-state index contributed by atoms with van der Waals surface area (Å²) in [6.07, 6.45) is 17.7. The van der Waals surface area contributed by atoms with Crippen molar-refractivity contribution in [1.29, 1.82) is 0 Å². The third-order valence-corrected chi connectivity index (χ3v) is 7.69. The van der Waals surface area contributed by atoms with Crippen molar-refractivity contribution >= 4 is 11.8 Å². The van der Waals surface area contributed by atoms with Gasteiger partial charge >= 0.3 is 0 Å². The van der Waals surface area contributed by atoms with E-state index in [0.29, 0.717) is 17.7 Å². The van der Waals surface area contributed by atoms with Crippen LogP contribution >= 0.6 is 0 Å². The molecule has 0 unspecified atom stereocenters. The van der Waals surface area contributed by atoms with Crippen molar-refractivity contribution in [1.82, 2.24) is 4.90 Å². The van der Waals surface area contributed by atoms with Crippen LogP contribution in [0, 0.1) is 6.92 Å². The Bertz CT molecular complexity index is 1220. The highest BCUT2D eigenvalue weighted by molar-refractivity contribution is 6.10. The molecule has 228 valence electrons. The number of benzene rings is 2. The van der Waals surface area contributed by atoms with Gasteiger partial charge in [-0.2, -0.15) is 0 Å². The van der Waals surface area contributed by atoms with Gasteiger partial charge in [-0.3, -0.25) is 14.5 Å². The number of ether oxygens (including phenoxy) is 1. The van der Waals surface area contributed by atoms with Gasteiger partial charge in [0, 0.05) is 23.3 Å². The normalized spacial score (nSPS) is 10.6. The van der Waals surface area contributed by atoms with Gasteiger partial charge in [0.1, 0.15) is 19.3 Å². The van der Waals surface area contributed by atoms with Crippen molar-refractivity contribution in [3.63, 3.8) is 0 Å². The Morgan fingerprint density at radius 1 is 0.738 bits per heavy atom. The fraction of sp³-hybridized carbons (Fsp3) is 0.472. The van der Waals surface area contributed by atoms with Gasteiger partial charge in [-0.05, 0) is 49.2 Å². The average Bonchev–Trinajstić information content (AvgIpc) is 2.99. The molecular formula is C36H49IN2O3. The smallest absolute Gasteiger partial charge is 0.261 e. The van der Waals surface area contributed by atoms with Gasteiger partial charge in [0.2, 0.25) is 5.69 Å². The number of rotatable bonds is 18. The Labute approximate surface area is 270 Å². The Kier molecular flexibility index (Phi) is 17.1. The first kappa shape index (κ1) is 35.5. The average molecular weight is 685 g/mol. The predicted molar refractivity (Wildman–Crippen MR) is 166 cm³/mol. The van der Waals surface area contributed by atoms with E-state index in [-0.39, 0.29) is 42.3 Å². The Morgan fingerprint density at radius 2 is 1.33 bits per heavy atom. The summed E-state index contributed by atoms with van der Waals surface area (Å²) in [6, 6.07) is 20.3. The van der Waals surface area contributed by atoms with Crippen molar-refractivity contribution in [2.75, 3.05) is 6.61 Å². The summed E-state index contributed by atoms with van der Waals surface area (Å²) in [6.45, 7) is 5.02. The second-order valence-corrected chi connectivity index (χ2v) is 11.1. The highest BCUT2D eigenvalue weighted by Crippen LogP contribution is 2.21. The fourth-order valence-electron chi connectivity index (χ4n) is 5.10. The zero-order valence-electron chi connectivity index (χ0n) is 25.8. The van der Waals surface area contributed by atoms with Crippen LogP contribution in [-0.4, -0.2) is 23.3 Å². The van der Waals surface area contributed by atoms with E-state index in [0.717, 1.165) is 23.4 Å². The van der Waals surface area contributed by atoms with Crippen molar-refractivity contribution in [3.05, 3.63) is 95.3 Å². The summed E-state index contributed by atoms with van der Waals surface area (Å²) < 4.78 is 7.94. The topological polar surface area (TPSA) is 50.5 Å². The molecule has 0 aliphatic heterocycles. The highest BCUT2D eigenvalue weighted by atomic mass is 127. The van der Waals surface area contributed by atoms with Gasteiger partial charge in [-0.1, -0.05) is 102 Å². The van der Waals surface area contributed by atoms with Crippen molar-refractivity contribution in [2.24, 2.45) is 7.05 Å².